The summed E-state index contributed by atoms with van der Waals surface area (Å²) in [5.74, 6) is 0. The van der Waals surface area contributed by atoms with Crippen LogP contribution in [-0.4, -0.2) is 32.3 Å². The molecule has 11 heavy (non-hydrogen) atoms. The van der Waals surface area contributed by atoms with Gasteiger partial charge in [0.2, 0.25) is 0 Å². The predicted octanol–water partition coefficient (Wildman–Crippen LogP) is 0.376. The van der Waals surface area contributed by atoms with Gasteiger partial charge in [-0.05, 0) is 6.42 Å². The lowest BCUT2D eigenvalue weighted by atomic mass is 9.86. The number of hydrogen-bond donors (Lipinski definition) is 1. The van der Waals surface area contributed by atoms with Crippen molar-refractivity contribution in [2.45, 2.75) is 13.3 Å². The molecule has 0 aromatic rings. The van der Waals surface area contributed by atoms with Crippen LogP contribution in [0, 0.1) is 5.41 Å². The molecule has 0 saturated carbocycles. The zero-order chi connectivity index (χ0) is 8.32. The van der Waals surface area contributed by atoms with Gasteiger partial charge in [-0.3, -0.25) is 4.32 Å². The van der Waals surface area contributed by atoms with Crippen molar-refractivity contribution in [3.8, 4) is 0 Å². The Bertz CT molecular complexity index is 119. The normalized spacial score (nSPS) is 23.7. The van der Waals surface area contributed by atoms with Gasteiger partial charge in [0.05, 0.1) is 6.61 Å². The highest BCUT2D eigenvalue weighted by atomic mass is 19.1. The summed E-state index contributed by atoms with van der Waals surface area (Å²) in [5, 5.41) is 8.95. The Morgan fingerprint density at radius 2 is 2.09 bits per heavy atom. The standard InChI is InChI=1S/C6H12BFO3/c1-2-6(3-9)4-10-7(8)11-5-6/h9H,2-5H2,1H3. The first kappa shape index (κ1) is 8.97. The van der Waals surface area contributed by atoms with E-state index in [2.05, 4.69) is 9.31 Å². The molecule has 0 spiro atoms. The van der Waals surface area contributed by atoms with Gasteiger partial charge in [0.1, 0.15) is 0 Å². The van der Waals surface area contributed by atoms with E-state index in [-0.39, 0.29) is 25.2 Å². The van der Waals surface area contributed by atoms with Gasteiger partial charge >= 0.3 is 7.40 Å². The Labute approximate surface area is 65.7 Å². The maximum atomic E-state index is 12.3. The average Bonchev–Trinajstić information content (AvgIpc) is 2.07. The Morgan fingerprint density at radius 3 is 2.45 bits per heavy atom. The molecule has 1 heterocycles. The number of aliphatic hydroxyl groups is 1. The van der Waals surface area contributed by atoms with E-state index in [9.17, 15) is 4.32 Å². The first-order valence-electron chi connectivity index (χ1n) is 3.70. The van der Waals surface area contributed by atoms with Crippen molar-refractivity contribution < 1.29 is 18.7 Å². The van der Waals surface area contributed by atoms with Gasteiger partial charge < -0.3 is 14.4 Å². The highest BCUT2D eigenvalue weighted by molar-refractivity contribution is 6.35. The summed E-state index contributed by atoms with van der Waals surface area (Å²) in [6.45, 7) is 2.38. The van der Waals surface area contributed by atoms with Crippen LogP contribution in [0.3, 0.4) is 0 Å². The molecule has 1 fully saturated rings. The fourth-order valence-corrected chi connectivity index (χ4v) is 0.982. The minimum atomic E-state index is -1.61. The Hall–Kier alpha value is -0.125. The molecule has 0 bridgehead atoms. The van der Waals surface area contributed by atoms with Crippen LogP contribution in [0.15, 0.2) is 0 Å². The summed E-state index contributed by atoms with van der Waals surface area (Å²) in [5.41, 5.74) is -0.386. The van der Waals surface area contributed by atoms with Gasteiger partial charge in [-0.1, -0.05) is 6.92 Å². The van der Waals surface area contributed by atoms with E-state index in [0.717, 1.165) is 6.42 Å². The quantitative estimate of drug-likeness (QED) is 0.596. The largest absolute Gasteiger partial charge is 0.680 e. The predicted molar refractivity (Wildman–Crippen MR) is 38.6 cm³/mol. The second kappa shape index (κ2) is 3.52. The molecule has 0 amide bonds. The van der Waals surface area contributed by atoms with Crippen LogP contribution in [0.1, 0.15) is 13.3 Å². The highest BCUT2D eigenvalue weighted by Gasteiger charge is 2.38. The first-order chi connectivity index (χ1) is 5.22. The van der Waals surface area contributed by atoms with E-state index in [4.69, 9.17) is 5.11 Å². The van der Waals surface area contributed by atoms with Crippen molar-refractivity contribution in [3.63, 3.8) is 0 Å². The third-order valence-electron chi connectivity index (χ3n) is 2.13. The molecular weight excluding hydrogens is 150 g/mol. The number of halogens is 1. The number of aliphatic hydroxyl groups excluding tert-OH is 1. The van der Waals surface area contributed by atoms with E-state index in [1.165, 1.54) is 0 Å². The molecule has 0 aromatic carbocycles. The lowest BCUT2D eigenvalue weighted by Gasteiger charge is -2.34. The summed E-state index contributed by atoms with van der Waals surface area (Å²) in [6, 6.07) is 0. The lowest BCUT2D eigenvalue weighted by molar-refractivity contribution is -0.0444. The molecule has 1 aliphatic heterocycles. The smallest absolute Gasteiger partial charge is 0.396 e. The van der Waals surface area contributed by atoms with Crippen LogP contribution in [0.25, 0.3) is 0 Å². The van der Waals surface area contributed by atoms with Crippen LogP contribution < -0.4 is 0 Å². The third-order valence-corrected chi connectivity index (χ3v) is 2.13. The van der Waals surface area contributed by atoms with Gasteiger partial charge in [-0.25, -0.2) is 0 Å². The third kappa shape index (κ3) is 1.92. The molecule has 1 N–H and O–H groups in total. The molecule has 1 saturated heterocycles. The summed E-state index contributed by atoms with van der Waals surface area (Å²) in [6.07, 6.45) is 0.732. The van der Waals surface area contributed by atoms with E-state index >= 15 is 0 Å². The summed E-state index contributed by atoms with van der Waals surface area (Å²) >= 11 is 0. The van der Waals surface area contributed by atoms with E-state index < -0.39 is 7.40 Å². The van der Waals surface area contributed by atoms with Gasteiger partial charge in [-0.15, -0.1) is 0 Å². The molecular formula is C6H12BFO3. The zero-order valence-electron chi connectivity index (χ0n) is 6.55. The summed E-state index contributed by atoms with van der Waals surface area (Å²) in [7, 11) is -1.61. The van der Waals surface area contributed by atoms with Crippen LogP contribution in [0.5, 0.6) is 0 Å². The number of rotatable bonds is 2. The van der Waals surface area contributed by atoms with Crippen molar-refractivity contribution in [2.75, 3.05) is 19.8 Å². The van der Waals surface area contributed by atoms with E-state index in [0.29, 0.717) is 0 Å². The van der Waals surface area contributed by atoms with Gasteiger partial charge in [-0.2, -0.15) is 0 Å². The van der Waals surface area contributed by atoms with Crippen molar-refractivity contribution in [1.82, 2.24) is 0 Å². The molecule has 1 aliphatic rings. The average molecular weight is 162 g/mol. The Kier molecular flexibility index (Phi) is 2.87. The Balaban J connectivity index is 2.45. The maximum absolute atomic E-state index is 12.3. The maximum Gasteiger partial charge on any atom is 0.680 e. The minimum absolute atomic E-state index is 0.0176. The summed E-state index contributed by atoms with van der Waals surface area (Å²) in [4.78, 5) is 0. The fraction of sp³-hybridized carbons (Fsp3) is 1.00. The molecule has 0 atom stereocenters. The van der Waals surface area contributed by atoms with Crippen LogP contribution >= 0.6 is 0 Å². The molecule has 3 nitrogen and oxygen atoms in total. The molecule has 5 heteroatoms. The molecule has 1 rings (SSSR count). The summed E-state index contributed by atoms with van der Waals surface area (Å²) < 4.78 is 21.5. The minimum Gasteiger partial charge on any atom is -0.396 e. The fourth-order valence-electron chi connectivity index (χ4n) is 0.982. The van der Waals surface area contributed by atoms with E-state index in [1.54, 1.807) is 0 Å². The highest BCUT2D eigenvalue weighted by Crippen LogP contribution is 2.26. The molecule has 0 radical (unpaired) electrons. The SMILES string of the molecule is CCC1(CO)COB(F)OC1. The zero-order valence-corrected chi connectivity index (χ0v) is 6.55. The van der Waals surface area contributed by atoms with Gasteiger partial charge in [0.25, 0.3) is 0 Å². The second-order valence-corrected chi connectivity index (χ2v) is 2.91. The van der Waals surface area contributed by atoms with Crippen molar-refractivity contribution in [2.24, 2.45) is 5.41 Å². The molecule has 64 valence electrons. The molecule has 0 aliphatic carbocycles. The van der Waals surface area contributed by atoms with E-state index in [1.807, 2.05) is 6.92 Å². The van der Waals surface area contributed by atoms with Gasteiger partial charge in [0, 0.05) is 18.6 Å². The molecule has 0 unspecified atom stereocenters. The van der Waals surface area contributed by atoms with Crippen molar-refractivity contribution >= 4 is 7.40 Å². The second-order valence-electron chi connectivity index (χ2n) is 2.91. The van der Waals surface area contributed by atoms with Crippen molar-refractivity contribution in [3.05, 3.63) is 0 Å². The lowest BCUT2D eigenvalue weighted by Crippen LogP contribution is -2.44. The monoisotopic (exact) mass is 162 g/mol. The Morgan fingerprint density at radius 1 is 1.55 bits per heavy atom. The van der Waals surface area contributed by atoms with Gasteiger partial charge in [0.15, 0.2) is 0 Å². The van der Waals surface area contributed by atoms with Crippen molar-refractivity contribution in [1.29, 1.82) is 0 Å². The topological polar surface area (TPSA) is 38.7 Å². The van der Waals surface area contributed by atoms with Crippen LogP contribution in [0.4, 0.5) is 4.32 Å². The number of hydrogen-bond acceptors (Lipinski definition) is 3. The van der Waals surface area contributed by atoms with Crippen LogP contribution in [-0.2, 0) is 9.31 Å². The van der Waals surface area contributed by atoms with Crippen LogP contribution in [0.2, 0.25) is 0 Å². The first-order valence-corrected chi connectivity index (χ1v) is 3.70. The molecule has 0 aromatic heterocycles.